The van der Waals surface area contributed by atoms with E-state index in [1.54, 1.807) is 11.8 Å². The van der Waals surface area contributed by atoms with Crippen LogP contribution in [0.4, 0.5) is 5.69 Å². The van der Waals surface area contributed by atoms with Crippen molar-refractivity contribution >= 4 is 23.4 Å². The second-order valence-corrected chi connectivity index (χ2v) is 6.68. The second kappa shape index (κ2) is 8.18. The van der Waals surface area contributed by atoms with Gasteiger partial charge in [-0.25, -0.2) is 0 Å². The van der Waals surface area contributed by atoms with Gasteiger partial charge in [-0.15, -0.1) is 11.8 Å². The van der Waals surface area contributed by atoms with Crippen molar-refractivity contribution in [3.8, 4) is 0 Å². The van der Waals surface area contributed by atoms with Gasteiger partial charge in [0, 0.05) is 17.1 Å². The highest BCUT2D eigenvalue weighted by Gasteiger charge is 2.18. The molecule has 0 aliphatic rings. The van der Waals surface area contributed by atoms with Crippen LogP contribution in [0.15, 0.2) is 53.4 Å². The van der Waals surface area contributed by atoms with Crippen LogP contribution < -0.4 is 5.32 Å². The quantitative estimate of drug-likeness (QED) is 0.808. The number of likely N-dealkylation sites (N-methyl/N-ethyl adjacent to an activating group) is 1. The van der Waals surface area contributed by atoms with Crippen LogP contribution in [0.5, 0.6) is 0 Å². The molecule has 0 spiro atoms. The number of benzene rings is 2. The van der Waals surface area contributed by atoms with Gasteiger partial charge in [0.15, 0.2) is 0 Å². The van der Waals surface area contributed by atoms with E-state index in [1.165, 1.54) is 10.5 Å². The molecule has 0 aromatic heterocycles. The normalized spacial score (nSPS) is 12.2. The van der Waals surface area contributed by atoms with Crippen molar-refractivity contribution in [2.24, 2.45) is 0 Å². The lowest BCUT2D eigenvalue weighted by Gasteiger charge is -2.24. The van der Waals surface area contributed by atoms with E-state index < -0.39 is 0 Å². The maximum atomic E-state index is 12.4. The molecule has 2 aromatic carbocycles. The second-order valence-electron chi connectivity index (χ2n) is 5.80. The molecule has 0 unspecified atom stereocenters. The topological polar surface area (TPSA) is 32.3 Å². The van der Waals surface area contributed by atoms with Crippen molar-refractivity contribution < 1.29 is 4.79 Å². The molecule has 2 rings (SSSR count). The fraction of sp³-hybridized carbons (Fsp3) is 0.316. The van der Waals surface area contributed by atoms with Crippen LogP contribution in [-0.4, -0.2) is 30.2 Å². The van der Waals surface area contributed by atoms with Crippen molar-refractivity contribution in [1.82, 2.24) is 4.90 Å². The predicted octanol–water partition coefficient (Wildman–Crippen LogP) is 4.18. The number of aryl methyl sites for hydroxylation is 1. The number of nitrogens with zero attached hydrogens (tertiary/aromatic N) is 1. The number of nitrogens with one attached hydrogen (secondary N) is 1. The lowest BCUT2D eigenvalue weighted by molar-refractivity contribution is -0.120. The Hall–Kier alpha value is -1.78. The minimum atomic E-state index is -0.198. The van der Waals surface area contributed by atoms with Crippen molar-refractivity contribution in [2.45, 2.75) is 31.3 Å². The zero-order chi connectivity index (χ0) is 16.8. The van der Waals surface area contributed by atoms with E-state index in [9.17, 15) is 4.79 Å². The number of rotatable bonds is 6. The largest absolute Gasteiger partial charge is 0.325 e. The van der Waals surface area contributed by atoms with E-state index in [1.807, 2.05) is 45.2 Å². The van der Waals surface area contributed by atoms with Gasteiger partial charge in [-0.2, -0.15) is 0 Å². The van der Waals surface area contributed by atoms with E-state index >= 15 is 0 Å². The average Bonchev–Trinajstić information content (AvgIpc) is 2.54. The molecule has 3 nitrogen and oxygen atoms in total. The molecule has 0 aliphatic carbocycles. The standard InChI is InChI=1S/C19H24N2OS/c1-14-6-5-7-17(12-14)20-19(22)15(2)21(3)13-16-8-10-18(23-4)11-9-16/h5-12,15H,13H2,1-4H3,(H,20,22)/t15-/m1/s1. The van der Waals surface area contributed by atoms with E-state index in [4.69, 9.17) is 0 Å². The molecule has 4 heteroatoms. The highest BCUT2D eigenvalue weighted by atomic mass is 32.2. The molecule has 0 aliphatic heterocycles. The Balaban J connectivity index is 1.95. The summed E-state index contributed by atoms with van der Waals surface area (Å²) in [5.74, 6) is 0.0128. The maximum absolute atomic E-state index is 12.4. The van der Waals surface area contributed by atoms with Crippen molar-refractivity contribution in [2.75, 3.05) is 18.6 Å². The van der Waals surface area contributed by atoms with Gasteiger partial charge in [0.1, 0.15) is 0 Å². The molecule has 1 N–H and O–H groups in total. The molecule has 1 atom stereocenters. The van der Waals surface area contributed by atoms with Crippen LogP contribution in [0.25, 0.3) is 0 Å². The number of carbonyl (C=O) groups is 1. The van der Waals surface area contributed by atoms with Crippen molar-refractivity contribution in [3.05, 3.63) is 59.7 Å². The van der Waals surface area contributed by atoms with Gasteiger partial charge >= 0.3 is 0 Å². The van der Waals surface area contributed by atoms with Gasteiger partial charge in [0.05, 0.1) is 6.04 Å². The number of amides is 1. The van der Waals surface area contributed by atoms with Crippen LogP contribution in [0.2, 0.25) is 0 Å². The third kappa shape index (κ3) is 5.12. The third-order valence-electron chi connectivity index (χ3n) is 3.92. The molecule has 2 aromatic rings. The number of hydrogen-bond donors (Lipinski definition) is 1. The number of carbonyl (C=O) groups excluding carboxylic acids is 1. The summed E-state index contributed by atoms with van der Waals surface area (Å²) in [5.41, 5.74) is 3.19. The molecular formula is C19H24N2OS. The molecule has 23 heavy (non-hydrogen) atoms. The monoisotopic (exact) mass is 328 g/mol. The molecule has 0 fully saturated rings. The van der Waals surface area contributed by atoms with Gasteiger partial charge in [0.2, 0.25) is 5.91 Å². The predicted molar refractivity (Wildman–Crippen MR) is 99.0 cm³/mol. The fourth-order valence-corrected chi connectivity index (χ4v) is 2.73. The van der Waals surface area contributed by atoms with E-state index in [2.05, 4.69) is 40.7 Å². The Morgan fingerprint density at radius 2 is 1.91 bits per heavy atom. The Morgan fingerprint density at radius 1 is 1.22 bits per heavy atom. The summed E-state index contributed by atoms with van der Waals surface area (Å²) in [5, 5.41) is 2.98. The molecule has 0 saturated heterocycles. The van der Waals surface area contributed by atoms with Gasteiger partial charge in [-0.1, -0.05) is 24.3 Å². The minimum Gasteiger partial charge on any atom is -0.325 e. The maximum Gasteiger partial charge on any atom is 0.241 e. The van der Waals surface area contributed by atoms with Crippen LogP contribution in [-0.2, 0) is 11.3 Å². The molecule has 122 valence electrons. The number of anilines is 1. The first kappa shape index (κ1) is 17.6. The Kier molecular flexibility index (Phi) is 6.25. The molecule has 0 bridgehead atoms. The summed E-state index contributed by atoms with van der Waals surface area (Å²) in [6.45, 7) is 4.70. The van der Waals surface area contributed by atoms with Crippen molar-refractivity contribution in [1.29, 1.82) is 0 Å². The summed E-state index contributed by atoms with van der Waals surface area (Å²) >= 11 is 1.73. The Labute approximate surface area is 143 Å². The smallest absolute Gasteiger partial charge is 0.241 e. The summed E-state index contributed by atoms with van der Waals surface area (Å²) in [4.78, 5) is 15.7. The lowest BCUT2D eigenvalue weighted by Crippen LogP contribution is -2.39. The minimum absolute atomic E-state index is 0.0128. The molecule has 0 radical (unpaired) electrons. The fourth-order valence-electron chi connectivity index (χ4n) is 2.33. The molecule has 0 heterocycles. The van der Waals surface area contributed by atoms with Gasteiger partial charge in [-0.05, 0) is 62.5 Å². The van der Waals surface area contributed by atoms with Crippen LogP contribution in [0.1, 0.15) is 18.1 Å². The van der Waals surface area contributed by atoms with E-state index in [0.717, 1.165) is 17.8 Å². The number of thioether (sulfide) groups is 1. The first-order valence-electron chi connectivity index (χ1n) is 7.70. The average molecular weight is 328 g/mol. The summed E-state index contributed by atoms with van der Waals surface area (Å²) in [6.07, 6.45) is 2.07. The zero-order valence-electron chi connectivity index (χ0n) is 14.2. The van der Waals surface area contributed by atoms with Crippen LogP contribution in [0, 0.1) is 6.92 Å². The van der Waals surface area contributed by atoms with E-state index in [-0.39, 0.29) is 11.9 Å². The third-order valence-corrected chi connectivity index (χ3v) is 4.66. The Morgan fingerprint density at radius 3 is 2.52 bits per heavy atom. The van der Waals surface area contributed by atoms with Crippen LogP contribution >= 0.6 is 11.8 Å². The molecular weight excluding hydrogens is 304 g/mol. The van der Waals surface area contributed by atoms with Crippen LogP contribution in [0.3, 0.4) is 0 Å². The lowest BCUT2D eigenvalue weighted by atomic mass is 10.1. The highest BCUT2D eigenvalue weighted by Crippen LogP contribution is 2.16. The van der Waals surface area contributed by atoms with Crippen molar-refractivity contribution in [3.63, 3.8) is 0 Å². The highest BCUT2D eigenvalue weighted by molar-refractivity contribution is 7.98. The van der Waals surface area contributed by atoms with Gasteiger partial charge < -0.3 is 5.32 Å². The Bertz CT molecular complexity index is 655. The molecule has 1 amide bonds. The summed E-state index contributed by atoms with van der Waals surface area (Å²) < 4.78 is 0. The first-order valence-corrected chi connectivity index (χ1v) is 8.93. The van der Waals surface area contributed by atoms with Gasteiger partial charge in [0.25, 0.3) is 0 Å². The SMILES string of the molecule is CSc1ccc(CN(C)[C@H](C)C(=O)Nc2cccc(C)c2)cc1. The zero-order valence-corrected chi connectivity index (χ0v) is 15.0. The molecule has 0 saturated carbocycles. The number of hydrogen-bond acceptors (Lipinski definition) is 3. The first-order chi connectivity index (χ1) is 11.0. The summed E-state index contributed by atoms with van der Waals surface area (Å²) in [7, 11) is 1.98. The summed E-state index contributed by atoms with van der Waals surface area (Å²) in [6, 6.07) is 16.1. The van der Waals surface area contributed by atoms with E-state index in [0.29, 0.717) is 0 Å². The van der Waals surface area contributed by atoms with Gasteiger partial charge in [-0.3, -0.25) is 9.69 Å².